The second-order valence-corrected chi connectivity index (χ2v) is 6.89. The summed E-state index contributed by atoms with van der Waals surface area (Å²) >= 11 is 0. The first-order valence-electron chi connectivity index (χ1n) is 9.01. The molecule has 1 aromatic rings. The summed E-state index contributed by atoms with van der Waals surface area (Å²) in [6.07, 6.45) is 2.73. The Hall–Kier alpha value is -1.31. The summed E-state index contributed by atoms with van der Waals surface area (Å²) in [7, 11) is 1.87. The van der Waals surface area contributed by atoms with E-state index >= 15 is 0 Å². The SMILES string of the molecule is CCNC(=NCC1CC1c1ccccc1)NC1CCC(=O)N(C)C1.I. The topological polar surface area (TPSA) is 56.7 Å². The van der Waals surface area contributed by atoms with E-state index in [9.17, 15) is 4.79 Å². The normalized spacial score (nSPS) is 26.0. The van der Waals surface area contributed by atoms with Gasteiger partial charge in [-0.1, -0.05) is 30.3 Å². The molecular formula is C19H29IN4O. The number of nitrogens with zero attached hydrogens (tertiary/aromatic N) is 2. The Labute approximate surface area is 167 Å². The average Bonchev–Trinajstić information content (AvgIpc) is 3.37. The number of hydrogen-bond acceptors (Lipinski definition) is 2. The molecule has 2 aliphatic rings. The maximum atomic E-state index is 11.6. The number of aliphatic imine (C=N–C) groups is 1. The fourth-order valence-corrected chi connectivity index (χ4v) is 3.41. The van der Waals surface area contributed by atoms with Gasteiger partial charge in [-0.2, -0.15) is 0 Å². The van der Waals surface area contributed by atoms with Crippen LogP contribution in [0.15, 0.2) is 35.3 Å². The molecule has 1 aromatic carbocycles. The molecule has 138 valence electrons. The van der Waals surface area contributed by atoms with Crippen molar-refractivity contribution in [2.24, 2.45) is 10.9 Å². The molecule has 0 aromatic heterocycles. The van der Waals surface area contributed by atoms with E-state index in [0.717, 1.165) is 32.0 Å². The third-order valence-electron chi connectivity index (χ3n) is 4.95. The molecule has 3 rings (SSSR count). The number of nitrogens with one attached hydrogen (secondary N) is 2. The first-order chi connectivity index (χ1) is 11.7. The predicted molar refractivity (Wildman–Crippen MR) is 112 cm³/mol. The van der Waals surface area contributed by atoms with Gasteiger partial charge in [0.1, 0.15) is 0 Å². The molecule has 0 spiro atoms. The number of likely N-dealkylation sites (tertiary alicyclic amines) is 1. The van der Waals surface area contributed by atoms with Crippen LogP contribution in [0, 0.1) is 5.92 Å². The van der Waals surface area contributed by atoms with E-state index in [-0.39, 0.29) is 35.9 Å². The van der Waals surface area contributed by atoms with Crippen LogP contribution in [0.4, 0.5) is 0 Å². The van der Waals surface area contributed by atoms with Gasteiger partial charge in [0.15, 0.2) is 5.96 Å². The molecule has 0 bridgehead atoms. The Morgan fingerprint density at radius 2 is 2.08 bits per heavy atom. The van der Waals surface area contributed by atoms with Gasteiger partial charge in [0.05, 0.1) is 0 Å². The van der Waals surface area contributed by atoms with Crippen LogP contribution in [-0.2, 0) is 4.79 Å². The number of carbonyl (C=O) groups excluding carboxylic acids is 1. The summed E-state index contributed by atoms with van der Waals surface area (Å²) in [5, 5.41) is 6.82. The van der Waals surface area contributed by atoms with E-state index in [1.165, 1.54) is 12.0 Å². The van der Waals surface area contributed by atoms with E-state index in [2.05, 4.69) is 47.9 Å². The number of benzene rings is 1. The number of rotatable bonds is 5. The Bertz CT molecular complexity index is 592. The second kappa shape index (κ2) is 9.40. The molecule has 25 heavy (non-hydrogen) atoms. The van der Waals surface area contributed by atoms with E-state index in [1.807, 2.05) is 7.05 Å². The summed E-state index contributed by atoms with van der Waals surface area (Å²) in [6, 6.07) is 11.0. The lowest BCUT2D eigenvalue weighted by Gasteiger charge is -2.31. The van der Waals surface area contributed by atoms with Crippen LogP contribution in [0.2, 0.25) is 0 Å². The zero-order valence-corrected chi connectivity index (χ0v) is 17.4. The second-order valence-electron chi connectivity index (χ2n) is 6.89. The lowest BCUT2D eigenvalue weighted by molar-refractivity contribution is -0.132. The van der Waals surface area contributed by atoms with Crippen molar-refractivity contribution in [1.29, 1.82) is 0 Å². The first-order valence-corrected chi connectivity index (χ1v) is 9.01. The van der Waals surface area contributed by atoms with Gasteiger partial charge in [0.2, 0.25) is 5.91 Å². The van der Waals surface area contributed by atoms with Crippen LogP contribution >= 0.6 is 24.0 Å². The number of carbonyl (C=O) groups is 1. The van der Waals surface area contributed by atoms with Crippen molar-refractivity contribution in [3.05, 3.63) is 35.9 Å². The van der Waals surface area contributed by atoms with Crippen LogP contribution in [0.1, 0.15) is 37.7 Å². The van der Waals surface area contributed by atoms with Gasteiger partial charge >= 0.3 is 0 Å². The Kier molecular flexibility index (Phi) is 7.53. The zero-order chi connectivity index (χ0) is 16.9. The van der Waals surface area contributed by atoms with Crippen LogP contribution in [-0.4, -0.2) is 49.5 Å². The van der Waals surface area contributed by atoms with E-state index in [1.54, 1.807) is 4.90 Å². The highest BCUT2D eigenvalue weighted by molar-refractivity contribution is 14.0. The van der Waals surface area contributed by atoms with E-state index in [0.29, 0.717) is 18.3 Å². The van der Waals surface area contributed by atoms with E-state index in [4.69, 9.17) is 4.99 Å². The molecule has 6 heteroatoms. The highest BCUT2D eigenvalue weighted by Gasteiger charge is 2.37. The van der Waals surface area contributed by atoms with Crippen LogP contribution < -0.4 is 10.6 Å². The lowest BCUT2D eigenvalue weighted by atomic mass is 10.1. The molecule has 1 saturated carbocycles. The standard InChI is InChI=1S/C19H28N4O.HI/c1-3-20-19(22-16-9-10-18(24)23(2)13-16)21-12-15-11-17(15)14-7-5-4-6-8-14;/h4-8,15-17H,3,9-13H2,1-2H3,(H2,20,21,22);1H. The van der Waals surface area contributed by atoms with Gasteiger partial charge in [0, 0.05) is 39.1 Å². The lowest BCUT2D eigenvalue weighted by Crippen LogP contribution is -2.51. The van der Waals surface area contributed by atoms with Crippen LogP contribution in [0.5, 0.6) is 0 Å². The van der Waals surface area contributed by atoms with Crippen LogP contribution in [0.3, 0.4) is 0 Å². The third-order valence-corrected chi connectivity index (χ3v) is 4.95. The number of guanidine groups is 1. The molecule has 1 amide bonds. The molecule has 1 heterocycles. The van der Waals surface area contributed by atoms with Crippen molar-refractivity contribution in [3.63, 3.8) is 0 Å². The average molecular weight is 456 g/mol. The predicted octanol–water partition coefficient (Wildman–Crippen LogP) is 2.58. The minimum Gasteiger partial charge on any atom is -0.357 e. The van der Waals surface area contributed by atoms with Crippen molar-refractivity contribution < 1.29 is 4.79 Å². The van der Waals surface area contributed by atoms with Gasteiger partial charge in [-0.3, -0.25) is 9.79 Å². The van der Waals surface area contributed by atoms with Crippen LogP contribution in [0.25, 0.3) is 0 Å². The molecule has 5 nitrogen and oxygen atoms in total. The molecule has 1 aliphatic heterocycles. The van der Waals surface area contributed by atoms with Gasteiger partial charge in [-0.15, -0.1) is 24.0 Å². The molecule has 2 N–H and O–H groups in total. The quantitative estimate of drug-likeness (QED) is 0.407. The summed E-state index contributed by atoms with van der Waals surface area (Å²) < 4.78 is 0. The summed E-state index contributed by atoms with van der Waals surface area (Å²) in [6.45, 7) is 4.54. The maximum absolute atomic E-state index is 11.6. The van der Waals surface area contributed by atoms with Gasteiger partial charge < -0.3 is 15.5 Å². The summed E-state index contributed by atoms with van der Waals surface area (Å²) in [5.74, 6) is 2.43. The van der Waals surface area contributed by atoms with Gasteiger partial charge in [0.25, 0.3) is 0 Å². The molecule has 0 radical (unpaired) electrons. The Morgan fingerprint density at radius 3 is 2.76 bits per heavy atom. The Morgan fingerprint density at radius 1 is 1.32 bits per heavy atom. The minimum absolute atomic E-state index is 0. The zero-order valence-electron chi connectivity index (χ0n) is 15.1. The summed E-state index contributed by atoms with van der Waals surface area (Å²) in [5.41, 5.74) is 1.43. The molecule has 3 unspecified atom stereocenters. The largest absolute Gasteiger partial charge is 0.357 e. The highest BCUT2D eigenvalue weighted by Crippen LogP contribution is 2.47. The molecule has 2 fully saturated rings. The first kappa shape index (κ1) is 20.0. The Balaban J connectivity index is 0.00000225. The van der Waals surface area contributed by atoms with Gasteiger partial charge in [-0.25, -0.2) is 0 Å². The molecule has 3 atom stereocenters. The third kappa shape index (κ3) is 5.59. The number of halogens is 1. The fourth-order valence-electron chi connectivity index (χ4n) is 3.41. The number of piperidine rings is 1. The van der Waals surface area contributed by atoms with E-state index < -0.39 is 0 Å². The summed E-state index contributed by atoms with van der Waals surface area (Å²) in [4.78, 5) is 18.2. The van der Waals surface area contributed by atoms with Gasteiger partial charge in [-0.05, 0) is 37.2 Å². The van der Waals surface area contributed by atoms with Crippen molar-refractivity contribution >= 4 is 35.8 Å². The number of amides is 1. The molecule has 1 aliphatic carbocycles. The maximum Gasteiger partial charge on any atom is 0.222 e. The minimum atomic E-state index is 0. The van der Waals surface area contributed by atoms with Crippen molar-refractivity contribution in [2.75, 3.05) is 26.7 Å². The molecule has 1 saturated heterocycles. The highest BCUT2D eigenvalue weighted by atomic mass is 127. The van der Waals surface area contributed by atoms with Crippen molar-refractivity contribution in [2.45, 2.75) is 38.1 Å². The fraction of sp³-hybridized carbons (Fsp3) is 0.579. The number of likely N-dealkylation sites (N-methyl/N-ethyl adjacent to an activating group) is 1. The van der Waals surface area contributed by atoms with Crippen molar-refractivity contribution in [3.8, 4) is 0 Å². The smallest absolute Gasteiger partial charge is 0.222 e. The monoisotopic (exact) mass is 456 g/mol. The van der Waals surface area contributed by atoms with Crippen molar-refractivity contribution in [1.82, 2.24) is 15.5 Å². The number of hydrogen-bond donors (Lipinski definition) is 2. The molecular weight excluding hydrogens is 427 g/mol.